The summed E-state index contributed by atoms with van der Waals surface area (Å²) in [5.74, 6) is 1.70. The SMILES string of the molecule is COC1CCCN(Cc2nc(Nc3ccccc3)c3ccccc3n2)C1. The molecule has 1 aliphatic heterocycles. The monoisotopic (exact) mass is 348 g/mol. The topological polar surface area (TPSA) is 50.3 Å². The number of ether oxygens (including phenoxy) is 1. The van der Waals surface area contributed by atoms with E-state index < -0.39 is 0 Å². The minimum absolute atomic E-state index is 0.311. The summed E-state index contributed by atoms with van der Waals surface area (Å²) >= 11 is 0. The number of anilines is 2. The van der Waals surface area contributed by atoms with Crippen LogP contribution in [0.3, 0.4) is 0 Å². The standard InChI is InChI=1S/C21H24N4O/c1-26-17-10-7-13-25(14-17)15-20-23-19-12-6-5-11-18(19)21(24-20)22-16-8-3-2-4-9-16/h2-6,8-9,11-12,17H,7,10,13-15H2,1H3,(H,22,23,24). The number of nitrogens with zero attached hydrogens (tertiary/aromatic N) is 3. The average Bonchev–Trinajstić information content (AvgIpc) is 2.69. The van der Waals surface area contributed by atoms with Crippen LogP contribution >= 0.6 is 0 Å². The third-order valence-corrected chi connectivity index (χ3v) is 4.85. The molecule has 0 bridgehead atoms. The third kappa shape index (κ3) is 3.84. The zero-order valence-electron chi connectivity index (χ0n) is 15.1. The molecular formula is C21H24N4O. The highest BCUT2D eigenvalue weighted by Crippen LogP contribution is 2.24. The zero-order valence-corrected chi connectivity index (χ0v) is 15.1. The number of aromatic nitrogens is 2. The molecule has 134 valence electrons. The van der Waals surface area contributed by atoms with E-state index in [1.165, 1.54) is 0 Å². The van der Waals surface area contributed by atoms with Crippen LogP contribution in [0.2, 0.25) is 0 Å². The van der Waals surface area contributed by atoms with Crippen molar-refractivity contribution < 1.29 is 4.74 Å². The minimum atomic E-state index is 0.311. The van der Waals surface area contributed by atoms with Gasteiger partial charge in [0.1, 0.15) is 11.6 Å². The number of rotatable bonds is 5. The highest BCUT2D eigenvalue weighted by Gasteiger charge is 2.20. The highest BCUT2D eigenvalue weighted by atomic mass is 16.5. The predicted octanol–water partition coefficient (Wildman–Crippen LogP) is 3.98. The number of para-hydroxylation sites is 2. The van der Waals surface area contributed by atoms with E-state index in [4.69, 9.17) is 14.7 Å². The third-order valence-electron chi connectivity index (χ3n) is 4.85. The van der Waals surface area contributed by atoms with Crippen molar-refractivity contribution in [1.29, 1.82) is 0 Å². The fourth-order valence-electron chi connectivity index (χ4n) is 3.50. The molecule has 0 radical (unpaired) electrons. The van der Waals surface area contributed by atoms with Gasteiger partial charge >= 0.3 is 0 Å². The number of hydrogen-bond donors (Lipinski definition) is 1. The lowest BCUT2D eigenvalue weighted by atomic mass is 10.1. The molecule has 1 unspecified atom stereocenters. The molecule has 1 atom stereocenters. The molecule has 3 aromatic rings. The van der Waals surface area contributed by atoms with Gasteiger partial charge in [0.2, 0.25) is 0 Å². The minimum Gasteiger partial charge on any atom is -0.380 e. The van der Waals surface area contributed by atoms with E-state index in [2.05, 4.69) is 16.3 Å². The maximum absolute atomic E-state index is 5.54. The van der Waals surface area contributed by atoms with Gasteiger partial charge in [0, 0.05) is 24.7 Å². The summed E-state index contributed by atoms with van der Waals surface area (Å²) in [4.78, 5) is 12.0. The van der Waals surface area contributed by atoms with Gasteiger partial charge < -0.3 is 10.1 Å². The van der Waals surface area contributed by atoms with E-state index in [0.717, 1.165) is 60.7 Å². The molecule has 0 amide bonds. The first kappa shape index (κ1) is 16.9. The summed E-state index contributed by atoms with van der Waals surface area (Å²) in [6.07, 6.45) is 2.60. The van der Waals surface area contributed by atoms with E-state index in [1.54, 1.807) is 7.11 Å². The van der Waals surface area contributed by atoms with Crippen molar-refractivity contribution >= 4 is 22.4 Å². The fraction of sp³-hybridized carbons (Fsp3) is 0.333. The van der Waals surface area contributed by atoms with E-state index in [-0.39, 0.29) is 0 Å². The lowest BCUT2D eigenvalue weighted by Gasteiger charge is -2.31. The van der Waals surface area contributed by atoms with E-state index in [9.17, 15) is 0 Å². The Morgan fingerprint density at radius 1 is 1.08 bits per heavy atom. The largest absolute Gasteiger partial charge is 0.380 e. The fourth-order valence-corrected chi connectivity index (χ4v) is 3.50. The van der Waals surface area contributed by atoms with Crippen LogP contribution in [0.15, 0.2) is 54.6 Å². The van der Waals surface area contributed by atoms with Crippen LogP contribution in [0, 0.1) is 0 Å². The van der Waals surface area contributed by atoms with Crippen molar-refractivity contribution in [1.82, 2.24) is 14.9 Å². The molecule has 1 saturated heterocycles. The molecule has 1 aliphatic rings. The second-order valence-corrected chi connectivity index (χ2v) is 6.73. The van der Waals surface area contributed by atoms with Crippen LogP contribution in [0.4, 0.5) is 11.5 Å². The molecule has 5 heteroatoms. The molecule has 2 aromatic carbocycles. The van der Waals surface area contributed by atoms with E-state index in [0.29, 0.717) is 6.10 Å². The molecule has 0 saturated carbocycles. The number of likely N-dealkylation sites (tertiary alicyclic amines) is 1. The summed E-state index contributed by atoms with van der Waals surface area (Å²) in [6, 6.07) is 18.3. The molecule has 2 heterocycles. The number of methoxy groups -OCH3 is 1. The summed E-state index contributed by atoms with van der Waals surface area (Å²) in [5, 5.41) is 4.49. The van der Waals surface area contributed by atoms with Gasteiger partial charge in [-0.05, 0) is 43.7 Å². The molecule has 1 aromatic heterocycles. The van der Waals surface area contributed by atoms with Crippen molar-refractivity contribution in [2.75, 3.05) is 25.5 Å². The number of benzene rings is 2. The van der Waals surface area contributed by atoms with Crippen LogP contribution in [0.1, 0.15) is 18.7 Å². The number of hydrogen-bond acceptors (Lipinski definition) is 5. The van der Waals surface area contributed by atoms with Crippen LogP contribution in [0.25, 0.3) is 10.9 Å². The first-order valence-corrected chi connectivity index (χ1v) is 9.15. The zero-order chi connectivity index (χ0) is 17.8. The first-order chi connectivity index (χ1) is 12.8. The molecule has 0 aliphatic carbocycles. The van der Waals surface area contributed by atoms with Crippen LogP contribution in [-0.2, 0) is 11.3 Å². The van der Waals surface area contributed by atoms with Crippen LogP contribution < -0.4 is 5.32 Å². The summed E-state index contributed by atoms with van der Waals surface area (Å²) in [5.41, 5.74) is 2.00. The van der Waals surface area contributed by atoms with Gasteiger partial charge in [-0.25, -0.2) is 9.97 Å². The molecule has 26 heavy (non-hydrogen) atoms. The summed E-state index contributed by atoms with van der Waals surface area (Å²) in [6.45, 7) is 2.75. The van der Waals surface area contributed by atoms with Crippen molar-refractivity contribution in [2.24, 2.45) is 0 Å². The van der Waals surface area contributed by atoms with Gasteiger partial charge in [-0.3, -0.25) is 4.90 Å². The van der Waals surface area contributed by atoms with Crippen LogP contribution in [-0.4, -0.2) is 41.2 Å². The predicted molar refractivity (Wildman–Crippen MR) is 105 cm³/mol. The Hall–Kier alpha value is -2.50. The Labute approximate surface area is 154 Å². The van der Waals surface area contributed by atoms with Gasteiger partial charge in [-0.1, -0.05) is 30.3 Å². The Kier molecular flexibility index (Phi) is 5.09. The second kappa shape index (κ2) is 7.81. The van der Waals surface area contributed by atoms with Gasteiger partial charge in [-0.2, -0.15) is 0 Å². The smallest absolute Gasteiger partial charge is 0.145 e. The maximum atomic E-state index is 5.54. The maximum Gasteiger partial charge on any atom is 0.145 e. The lowest BCUT2D eigenvalue weighted by Crippen LogP contribution is -2.39. The van der Waals surface area contributed by atoms with Gasteiger partial charge in [0.05, 0.1) is 18.2 Å². The highest BCUT2D eigenvalue weighted by molar-refractivity contribution is 5.90. The molecule has 1 fully saturated rings. The van der Waals surface area contributed by atoms with E-state index in [1.807, 2.05) is 48.5 Å². The quantitative estimate of drug-likeness (QED) is 0.756. The van der Waals surface area contributed by atoms with Crippen molar-refractivity contribution in [2.45, 2.75) is 25.5 Å². The Morgan fingerprint density at radius 3 is 2.73 bits per heavy atom. The van der Waals surface area contributed by atoms with Crippen molar-refractivity contribution in [3.05, 3.63) is 60.4 Å². The van der Waals surface area contributed by atoms with Crippen molar-refractivity contribution in [3.8, 4) is 0 Å². The second-order valence-electron chi connectivity index (χ2n) is 6.73. The first-order valence-electron chi connectivity index (χ1n) is 9.15. The lowest BCUT2D eigenvalue weighted by molar-refractivity contribution is 0.0277. The Morgan fingerprint density at radius 2 is 1.88 bits per heavy atom. The Balaban J connectivity index is 1.63. The van der Waals surface area contributed by atoms with Crippen molar-refractivity contribution in [3.63, 3.8) is 0 Å². The number of piperidine rings is 1. The summed E-state index contributed by atoms with van der Waals surface area (Å²) < 4.78 is 5.54. The van der Waals surface area contributed by atoms with Gasteiger partial charge in [-0.15, -0.1) is 0 Å². The molecule has 5 nitrogen and oxygen atoms in total. The van der Waals surface area contributed by atoms with E-state index >= 15 is 0 Å². The number of nitrogens with one attached hydrogen (secondary N) is 1. The van der Waals surface area contributed by atoms with Crippen LogP contribution in [0.5, 0.6) is 0 Å². The normalized spacial score (nSPS) is 18.1. The molecule has 4 rings (SSSR count). The summed E-state index contributed by atoms with van der Waals surface area (Å²) in [7, 11) is 1.79. The number of fused-ring (bicyclic) bond motifs is 1. The van der Waals surface area contributed by atoms with Gasteiger partial charge in [0.15, 0.2) is 0 Å². The molecule has 0 spiro atoms. The van der Waals surface area contributed by atoms with Gasteiger partial charge in [0.25, 0.3) is 0 Å². The molecule has 1 N–H and O–H groups in total. The molecular weight excluding hydrogens is 324 g/mol. The average molecular weight is 348 g/mol. The Bertz CT molecular complexity index is 868.